The highest BCUT2D eigenvalue weighted by molar-refractivity contribution is 7.26. The quantitative estimate of drug-likeness (QED) is 0.204. The van der Waals surface area contributed by atoms with Gasteiger partial charge in [0.1, 0.15) is 11.2 Å². The van der Waals surface area contributed by atoms with Gasteiger partial charge in [-0.15, -0.1) is 11.3 Å². The molecule has 9 aromatic rings. The van der Waals surface area contributed by atoms with Crippen molar-refractivity contribution in [1.82, 2.24) is 15.0 Å². The summed E-state index contributed by atoms with van der Waals surface area (Å²) in [5.41, 5.74) is 1.74. The first-order valence-electron chi connectivity index (χ1n) is 19.1. The third-order valence-corrected chi connectivity index (χ3v) is 8.47. The number of furan rings is 1. The van der Waals surface area contributed by atoms with Crippen LogP contribution in [0.25, 0.3) is 87.4 Å². The minimum Gasteiger partial charge on any atom is -0.455 e. The van der Waals surface area contributed by atoms with Crippen molar-refractivity contribution in [3.63, 3.8) is 0 Å². The summed E-state index contributed by atoms with van der Waals surface area (Å²) in [6, 6.07) is 16.5. The van der Waals surface area contributed by atoms with Crippen LogP contribution in [-0.4, -0.2) is 15.0 Å². The van der Waals surface area contributed by atoms with Crippen LogP contribution in [0, 0.1) is 0 Å². The van der Waals surface area contributed by atoms with Gasteiger partial charge in [-0.1, -0.05) is 121 Å². The van der Waals surface area contributed by atoms with E-state index in [4.69, 9.17) is 30.3 Å². The van der Waals surface area contributed by atoms with E-state index in [-0.39, 0.29) is 60.4 Å². The molecule has 0 aliphatic carbocycles. The molecule has 9 rings (SSSR count). The van der Waals surface area contributed by atoms with E-state index in [2.05, 4.69) is 0 Å². The van der Waals surface area contributed by atoms with E-state index in [1.165, 1.54) is 0 Å². The topological polar surface area (TPSA) is 51.8 Å². The Labute approximate surface area is 272 Å². The molecule has 4 nitrogen and oxygen atoms in total. The van der Waals surface area contributed by atoms with Gasteiger partial charge in [-0.3, -0.25) is 0 Å². The van der Waals surface area contributed by atoms with E-state index in [1.54, 1.807) is 6.07 Å². The minimum absolute atomic E-state index is 0.00419. The Hall–Kier alpha value is -5.65. The van der Waals surface area contributed by atoms with Gasteiger partial charge in [0.15, 0.2) is 17.5 Å². The Kier molecular flexibility index (Phi) is 3.69. The molecule has 0 radical (unpaired) electrons. The molecular formula is C39H23N3OS. The number of fused-ring (bicyclic) bond motifs is 6. The molecule has 0 saturated carbocycles. The monoisotopic (exact) mass is 592 g/mol. The zero-order valence-corrected chi connectivity index (χ0v) is 23.4. The van der Waals surface area contributed by atoms with Gasteiger partial charge in [-0.2, -0.15) is 0 Å². The third kappa shape index (κ3) is 4.02. The molecule has 6 aromatic carbocycles. The van der Waals surface area contributed by atoms with E-state index >= 15 is 0 Å². The lowest BCUT2D eigenvalue weighted by Gasteiger charge is -2.09. The molecule has 0 atom stereocenters. The van der Waals surface area contributed by atoms with Crippen molar-refractivity contribution in [2.24, 2.45) is 0 Å². The molecule has 0 bridgehead atoms. The Balaban J connectivity index is 1.36. The highest BCUT2D eigenvalue weighted by atomic mass is 32.1. The summed E-state index contributed by atoms with van der Waals surface area (Å²) >= 11 is 0.881. The predicted molar refractivity (Wildman–Crippen MR) is 182 cm³/mol. The highest BCUT2D eigenvalue weighted by Gasteiger charge is 2.18. The van der Waals surface area contributed by atoms with Crippen molar-refractivity contribution in [3.05, 3.63) is 139 Å². The van der Waals surface area contributed by atoms with Crippen LogP contribution in [0.3, 0.4) is 0 Å². The number of aromatic nitrogens is 3. The second-order valence-electron chi connectivity index (χ2n) is 9.96. The fourth-order valence-corrected chi connectivity index (χ4v) is 6.45. The van der Waals surface area contributed by atoms with Crippen LogP contribution >= 0.6 is 11.3 Å². The maximum Gasteiger partial charge on any atom is 0.167 e. The van der Waals surface area contributed by atoms with Gasteiger partial charge in [0.2, 0.25) is 0 Å². The highest BCUT2D eigenvalue weighted by Crippen LogP contribution is 2.41. The number of hydrogen-bond donors (Lipinski definition) is 0. The van der Waals surface area contributed by atoms with E-state index in [1.807, 2.05) is 66.7 Å². The fourth-order valence-electron chi connectivity index (χ4n) is 5.33. The first-order valence-corrected chi connectivity index (χ1v) is 14.5. The van der Waals surface area contributed by atoms with Crippen LogP contribution in [0.5, 0.6) is 0 Å². The molecule has 3 heterocycles. The van der Waals surface area contributed by atoms with Gasteiger partial charge in [0.25, 0.3) is 0 Å². The molecular weight excluding hydrogens is 559 g/mol. The molecule has 0 saturated heterocycles. The Morgan fingerprint density at radius 1 is 0.523 bits per heavy atom. The molecule has 3 aromatic heterocycles. The van der Waals surface area contributed by atoms with Crippen LogP contribution in [0.2, 0.25) is 0 Å². The molecule has 0 spiro atoms. The summed E-state index contributed by atoms with van der Waals surface area (Å²) in [7, 11) is 0. The lowest BCUT2D eigenvalue weighted by molar-refractivity contribution is 0.669. The molecule has 0 aliphatic heterocycles. The van der Waals surface area contributed by atoms with Gasteiger partial charge < -0.3 is 4.42 Å². The van der Waals surface area contributed by atoms with Gasteiger partial charge in [0, 0.05) is 42.1 Å². The summed E-state index contributed by atoms with van der Waals surface area (Å²) in [5, 5.41) is 1.70. The second-order valence-corrected chi connectivity index (χ2v) is 11.0. The van der Waals surface area contributed by atoms with Crippen molar-refractivity contribution >= 4 is 53.4 Å². The van der Waals surface area contributed by atoms with E-state index in [0.717, 1.165) is 22.1 Å². The summed E-state index contributed by atoms with van der Waals surface area (Å²) in [6.07, 6.45) is 0. The molecule has 0 fully saturated rings. The fraction of sp³-hybridized carbons (Fsp3) is 0. The van der Waals surface area contributed by atoms with E-state index in [0.29, 0.717) is 22.3 Å². The summed E-state index contributed by atoms with van der Waals surface area (Å²) in [4.78, 5) is 14.3. The first-order chi connectivity index (χ1) is 26.4. The standard InChI is InChI=1S/C39H23N3OS/c1-3-11-24(12-4-1)27-16-9-18-31-29-22-21-26(23-34(29)44-36(27)31)38-40-37(25-13-5-2-6-14-25)41-39(42-38)32-19-10-17-30-28-15-7-8-20-33(28)43-35(30)32/h1-23H/i1D,3D,4D,9D,11D,12D,16D,18D,21D,22D,23D. The maximum atomic E-state index is 9.51. The third-order valence-electron chi connectivity index (χ3n) is 7.35. The number of rotatable bonds is 4. The van der Waals surface area contributed by atoms with Crippen molar-refractivity contribution in [2.45, 2.75) is 0 Å². The number of hydrogen-bond acceptors (Lipinski definition) is 5. The Bertz CT molecular complexity index is 3100. The normalized spacial score (nSPS) is 15.1. The summed E-state index contributed by atoms with van der Waals surface area (Å²) < 4.78 is 103. The van der Waals surface area contributed by atoms with Crippen molar-refractivity contribution in [2.75, 3.05) is 0 Å². The molecule has 44 heavy (non-hydrogen) atoms. The lowest BCUT2D eigenvalue weighted by Crippen LogP contribution is -2.00. The number of para-hydroxylation sites is 2. The average Bonchev–Trinajstić information content (AvgIpc) is 3.79. The van der Waals surface area contributed by atoms with Crippen LogP contribution < -0.4 is 0 Å². The van der Waals surface area contributed by atoms with E-state index < -0.39 is 60.4 Å². The Morgan fingerprint density at radius 3 is 2.18 bits per heavy atom. The number of benzene rings is 6. The molecule has 0 amide bonds. The SMILES string of the molecule is [2H]c1c([2H])c([2H])c(-c2c([2H])c([2H])c([2H])c3c2sc2c([2H])c(-c4nc(-c5ccccc5)nc(-c5cccc6c5oc5ccccc56)n4)c([2H])c([2H])c23)c([2H])c1[2H]. The lowest BCUT2D eigenvalue weighted by atomic mass is 10.0. The Morgan fingerprint density at radius 2 is 1.30 bits per heavy atom. The van der Waals surface area contributed by atoms with Crippen molar-refractivity contribution in [1.29, 1.82) is 0 Å². The average molecular weight is 593 g/mol. The molecule has 0 aliphatic rings. The number of nitrogens with zero attached hydrogens (tertiary/aromatic N) is 3. The van der Waals surface area contributed by atoms with Crippen LogP contribution in [0.1, 0.15) is 15.1 Å². The van der Waals surface area contributed by atoms with Crippen LogP contribution in [0.4, 0.5) is 0 Å². The smallest absolute Gasteiger partial charge is 0.167 e. The molecule has 5 heteroatoms. The first kappa shape index (κ1) is 16.3. The zero-order chi connectivity index (χ0) is 38.6. The second kappa shape index (κ2) is 9.97. The van der Waals surface area contributed by atoms with Crippen molar-refractivity contribution in [3.8, 4) is 45.3 Å². The molecule has 0 unspecified atom stereocenters. The summed E-state index contributed by atoms with van der Waals surface area (Å²) in [5.74, 6) is 0.370. The minimum atomic E-state index is -0.637. The zero-order valence-electron chi connectivity index (χ0n) is 33.6. The predicted octanol–water partition coefficient (Wildman–Crippen LogP) is 10.8. The molecule has 0 N–H and O–H groups in total. The van der Waals surface area contributed by atoms with Gasteiger partial charge in [-0.05, 0) is 29.3 Å². The molecule has 206 valence electrons. The van der Waals surface area contributed by atoms with Gasteiger partial charge >= 0.3 is 0 Å². The van der Waals surface area contributed by atoms with Crippen LogP contribution in [0.15, 0.2) is 144 Å². The summed E-state index contributed by atoms with van der Waals surface area (Å²) in [6.45, 7) is 0. The largest absolute Gasteiger partial charge is 0.455 e. The van der Waals surface area contributed by atoms with Crippen LogP contribution in [-0.2, 0) is 0 Å². The number of thiophene rings is 1. The van der Waals surface area contributed by atoms with Crippen molar-refractivity contribution < 1.29 is 19.5 Å². The van der Waals surface area contributed by atoms with Gasteiger partial charge in [-0.25, -0.2) is 15.0 Å². The van der Waals surface area contributed by atoms with E-state index in [9.17, 15) is 4.11 Å². The maximum absolute atomic E-state index is 9.51. The van der Waals surface area contributed by atoms with Gasteiger partial charge in [0.05, 0.1) is 20.6 Å².